The van der Waals surface area contributed by atoms with E-state index in [0.717, 1.165) is 0 Å². The molecule has 70 heavy (non-hydrogen) atoms. The highest BCUT2D eigenvalue weighted by Gasteiger charge is 2.20. The second-order valence-corrected chi connectivity index (χ2v) is 19.0. The highest BCUT2D eigenvalue weighted by molar-refractivity contribution is 6.27. The fraction of sp³-hybridized carbons (Fsp3) is 0. The smallest absolute Gasteiger partial charge is 0.00201 e. The minimum absolute atomic E-state index is 1.21. The average molecular weight is 883 g/mol. The maximum Gasteiger partial charge on any atom is -0.00201 e. The van der Waals surface area contributed by atoms with Gasteiger partial charge in [-0.15, -0.1) is 0 Å². The van der Waals surface area contributed by atoms with E-state index in [0.29, 0.717) is 0 Å². The van der Waals surface area contributed by atoms with Crippen LogP contribution in [-0.2, 0) is 0 Å². The summed E-state index contributed by atoms with van der Waals surface area (Å²) in [6, 6.07) is 95.2. The molecule has 0 N–H and O–H groups in total. The van der Waals surface area contributed by atoms with E-state index < -0.39 is 0 Å². The molecule has 0 bridgehead atoms. The van der Waals surface area contributed by atoms with Crippen molar-refractivity contribution >= 4 is 108 Å². The average Bonchev–Trinajstić information content (AvgIpc) is 3.43. The molecule has 0 heterocycles. The van der Waals surface area contributed by atoms with Crippen molar-refractivity contribution in [3.05, 3.63) is 255 Å². The molecular weight excluding hydrogens is 841 g/mol. The SMILES string of the molecule is c1ccc2c(-c3cc4ccccc4c4ccccc34)c3ccc4c(-c5ccc(-c6cccc7c6ccc6c(-c8cc9ccccc9c9ccccc89)c8ccccc8cc67)cc5)cccc4c3cc2c1. The van der Waals surface area contributed by atoms with Gasteiger partial charge in [-0.05, 0) is 176 Å². The first kappa shape index (κ1) is 38.9. The van der Waals surface area contributed by atoms with Crippen LogP contribution in [0.4, 0.5) is 0 Å². The van der Waals surface area contributed by atoms with Crippen LogP contribution in [-0.4, -0.2) is 0 Å². The number of hydrogen-bond acceptors (Lipinski definition) is 0. The predicted molar refractivity (Wildman–Crippen MR) is 303 cm³/mol. The van der Waals surface area contributed by atoms with Crippen molar-refractivity contribution in [3.8, 4) is 44.5 Å². The van der Waals surface area contributed by atoms with Crippen molar-refractivity contribution in [2.24, 2.45) is 0 Å². The van der Waals surface area contributed by atoms with E-state index in [9.17, 15) is 0 Å². The minimum Gasteiger partial charge on any atom is -0.0616 e. The van der Waals surface area contributed by atoms with Crippen LogP contribution in [0.15, 0.2) is 255 Å². The molecule has 0 aliphatic carbocycles. The summed E-state index contributed by atoms with van der Waals surface area (Å²) in [5, 5.41) is 25.4. The number of fused-ring (bicyclic) bond motifs is 14. The first-order valence-electron chi connectivity index (χ1n) is 24.4. The van der Waals surface area contributed by atoms with Gasteiger partial charge in [0, 0.05) is 0 Å². The van der Waals surface area contributed by atoms with Gasteiger partial charge in [-0.3, -0.25) is 0 Å². The molecule has 15 aromatic carbocycles. The molecule has 0 radical (unpaired) electrons. The summed E-state index contributed by atoms with van der Waals surface area (Å²) < 4.78 is 0. The van der Waals surface area contributed by atoms with Crippen LogP contribution in [0.1, 0.15) is 0 Å². The van der Waals surface area contributed by atoms with Crippen molar-refractivity contribution in [3.63, 3.8) is 0 Å². The van der Waals surface area contributed by atoms with E-state index in [1.165, 1.54) is 152 Å². The molecule has 0 aliphatic heterocycles. The van der Waals surface area contributed by atoms with Gasteiger partial charge in [-0.1, -0.05) is 231 Å². The molecule has 0 saturated heterocycles. The summed E-state index contributed by atoms with van der Waals surface area (Å²) in [5.74, 6) is 0. The zero-order valence-electron chi connectivity index (χ0n) is 38.2. The highest BCUT2D eigenvalue weighted by Crippen LogP contribution is 2.47. The summed E-state index contributed by atoms with van der Waals surface area (Å²) >= 11 is 0. The van der Waals surface area contributed by atoms with E-state index in [2.05, 4.69) is 255 Å². The van der Waals surface area contributed by atoms with Crippen LogP contribution in [0.5, 0.6) is 0 Å². The third-order valence-electron chi connectivity index (χ3n) is 15.4. The van der Waals surface area contributed by atoms with Crippen LogP contribution in [0.2, 0.25) is 0 Å². The summed E-state index contributed by atoms with van der Waals surface area (Å²) in [7, 11) is 0. The molecule has 0 atom stereocenters. The van der Waals surface area contributed by atoms with Gasteiger partial charge in [0.15, 0.2) is 0 Å². The van der Waals surface area contributed by atoms with E-state index in [1.807, 2.05) is 0 Å². The first-order chi connectivity index (χ1) is 34.7. The van der Waals surface area contributed by atoms with Gasteiger partial charge < -0.3 is 0 Å². The van der Waals surface area contributed by atoms with Crippen LogP contribution >= 0.6 is 0 Å². The van der Waals surface area contributed by atoms with Crippen molar-refractivity contribution in [1.82, 2.24) is 0 Å². The summed E-state index contributed by atoms with van der Waals surface area (Å²) in [5.41, 5.74) is 10.0. The molecule has 0 saturated carbocycles. The monoisotopic (exact) mass is 882 g/mol. The Kier molecular flexibility index (Phi) is 8.46. The van der Waals surface area contributed by atoms with Gasteiger partial charge in [-0.25, -0.2) is 0 Å². The van der Waals surface area contributed by atoms with Crippen LogP contribution in [0, 0.1) is 0 Å². The van der Waals surface area contributed by atoms with Crippen molar-refractivity contribution < 1.29 is 0 Å². The Bertz CT molecular complexity index is 4390. The van der Waals surface area contributed by atoms with Gasteiger partial charge in [-0.2, -0.15) is 0 Å². The third kappa shape index (κ3) is 5.78. The number of rotatable bonds is 4. The maximum atomic E-state index is 2.41. The molecule has 0 aliphatic rings. The Morgan fingerprint density at radius 1 is 0.143 bits per heavy atom. The van der Waals surface area contributed by atoms with Crippen LogP contribution in [0.3, 0.4) is 0 Å². The van der Waals surface area contributed by atoms with Crippen molar-refractivity contribution in [2.75, 3.05) is 0 Å². The highest BCUT2D eigenvalue weighted by atomic mass is 14.2. The standard InChI is InChI=1S/C70H42/c1-5-19-51-45(15-1)41-67(59-25-11-9-23-55(51)59)69-53-21-7-3-17-47(53)39-65-57-29-13-27-49(61(57)35-37-63(65)69)43-31-33-44(34-32-43)50-28-14-30-58-62(50)36-38-64-66(58)40-48-18-4-8-22-54(48)70(64)68-42-46-16-2-6-20-52(46)56-24-10-12-26-60(56)68/h1-42H. The molecule has 322 valence electrons. The zero-order valence-corrected chi connectivity index (χ0v) is 38.2. The molecule has 0 unspecified atom stereocenters. The summed E-state index contributed by atoms with van der Waals surface area (Å²) in [4.78, 5) is 0. The summed E-state index contributed by atoms with van der Waals surface area (Å²) in [6.45, 7) is 0. The Morgan fingerprint density at radius 3 is 0.843 bits per heavy atom. The molecule has 15 aromatic rings. The third-order valence-corrected chi connectivity index (χ3v) is 15.4. The lowest BCUT2D eigenvalue weighted by Crippen LogP contribution is -1.91. The quantitative estimate of drug-likeness (QED) is 0.122. The Hall–Kier alpha value is -9.10. The van der Waals surface area contributed by atoms with E-state index in [1.54, 1.807) is 0 Å². The Labute approximate surface area is 404 Å². The first-order valence-corrected chi connectivity index (χ1v) is 24.4. The predicted octanol–water partition coefficient (Wildman–Crippen LogP) is 19.9. The minimum atomic E-state index is 1.21. The molecule has 15 rings (SSSR count). The van der Waals surface area contributed by atoms with Crippen LogP contribution < -0.4 is 0 Å². The van der Waals surface area contributed by atoms with E-state index in [4.69, 9.17) is 0 Å². The van der Waals surface area contributed by atoms with Gasteiger partial charge >= 0.3 is 0 Å². The summed E-state index contributed by atoms with van der Waals surface area (Å²) in [6.07, 6.45) is 0. The molecule has 0 fully saturated rings. The zero-order chi connectivity index (χ0) is 45.9. The van der Waals surface area contributed by atoms with Crippen LogP contribution in [0.25, 0.3) is 152 Å². The molecule has 0 spiro atoms. The van der Waals surface area contributed by atoms with E-state index in [-0.39, 0.29) is 0 Å². The lowest BCUT2D eigenvalue weighted by molar-refractivity contribution is 1.63. The topological polar surface area (TPSA) is 0 Å². The number of hydrogen-bond donors (Lipinski definition) is 0. The number of benzene rings is 15. The lowest BCUT2D eigenvalue weighted by Gasteiger charge is -2.18. The molecule has 0 nitrogen and oxygen atoms in total. The fourth-order valence-corrected chi connectivity index (χ4v) is 12.2. The van der Waals surface area contributed by atoms with Gasteiger partial charge in [0.1, 0.15) is 0 Å². The van der Waals surface area contributed by atoms with Crippen molar-refractivity contribution in [2.45, 2.75) is 0 Å². The molecular formula is C70H42. The molecule has 0 amide bonds. The normalized spacial score (nSPS) is 12.0. The second kappa shape index (κ2) is 15.2. The van der Waals surface area contributed by atoms with E-state index >= 15 is 0 Å². The van der Waals surface area contributed by atoms with Gasteiger partial charge in [0.05, 0.1) is 0 Å². The molecule has 0 aromatic heterocycles. The lowest BCUT2D eigenvalue weighted by atomic mass is 9.85. The molecule has 0 heteroatoms. The maximum absolute atomic E-state index is 2.41. The Balaban J connectivity index is 0.876. The Morgan fingerprint density at radius 2 is 0.429 bits per heavy atom. The largest absolute Gasteiger partial charge is 0.0616 e. The van der Waals surface area contributed by atoms with Crippen molar-refractivity contribution in [1.29, 1.82) is 0 Å². The second-order valence-electron chi connectivity index (χ2n) is 19.0. The van der Waals surface area contributed by atoms with Gasteiger partial charge in [0.2, 0.25) is 0 Å². The van der Waals surface area contributed by atoms with Gasteiger partial charge in [0.25, 0.3) is 0 Å². The fourth-order valence-electron chi connectivity index (χ4n) is 12.2.